The van der Waals surface area contributed by atoms with Gasteiger partial charge in [0.05, 0.1) is 12.1 Å². The highest BCUT2D eigenvalue weighted by Gasteiger charge is 2.30. The largest absolute Gasteiger partial charge is 0.480 e. The number of carbonyl (C=O) groups is 2. The van der Waals surface area contributed by atoms with Gasteiger partial charge in [-0.05, 0) is 31.4 Å². The van der Waals surface area contributed by atoms with E-state index in [0.29, 0.717) is 5.69 Å². The molecule has 21 heavy (non-hydrogen) atoms. The summed E-state index contributed by atoms with van der Waals surface area (Å²) in [6.07, 6.45) is 2.75. The number of carboxylic acid groups (broad SMARTS) is 1. The number of ether oxygens (including phenoxy) is 1. The Hall–Kier alpha value is -2.08. The Balaban J connectivity index is 2.09. The Bertz CT molecular complexity index is 492. The van der Waals surface area contributed by atoms with Gasteiger partial charge in [-0.2, -0.15) is 0 Å². The third-order valence-corrected chi connectivity index (χ3v) is 3.67. The molecule has 0 radical (unpaired) electrons. The van der Waals surface area contributed by atoms with E-state index in [4.69, 9.17) is 9.84 Å². The molecule has 1 aliphatic carbocycles. The van der Waals surface area contributed by atoms with Crippen molar-refractivity contribution in [2.24, 2.45) is 0 Å². The SMILES string of the molecule is COC1CCCC1NC(=O)N(CC(=O)O)c1ccccc1. The number of hydrogen-bond acceptors (Lipinski definition) is 3. The number of para-hydroxylation sites is 1. The van der Waals surface area contributed by atoms with Crippen molar-refractivity contribution < 1.29 is 19.4 Å². The Labute approximate surface area is 123 Å². The normalized spacial score (nSPS) is 21.0. The number of rotatable bonds is 5. The van der Waals surface area contributed by atoms with E-state index in [1.807, 2.05) is 6.07 Å². The number of nitrogens with one attached hydrogen (secondary N) is 1. The molecule has 0 aromatic heterocycles. The first kappa shape index (κ1) is 15.3. The summed E-state index contributed by atoms with van der Waals surface area (Å²) in [5, 5.41) is 11.9. The molecule has 2 rings (SSSR count). The van der Waals surface area contributed by atoms with Gasteiger partial charge in [-0.1, -0.05) is 18.2 Å². The van der Waals surface area contributed by atoms with Crippen molar-refractivity contribution in [2.45, 2.75) is 31.4 Å². The van der Waals surface area contributed by atoms with Crippen molar-refractivity contribution in [3.63, 3.8) is 0 Å². The van der Waals surface area contributed by atoms with Gasteiger partial charge < -0.3 is 15.2 Å². The van der Waals surface area contributed by atoms with Gasteiger partial charge in [0.1, 0.15) is 6.54 Å². The molecular formula is C15H20N2O4. The second-order valence-corrected chi connectivity index (χ2v) is 5.08. The monoisotopic (exact) mass is 292 g/mol. The van der Waals surface area contributed by atoms with Gasteiger partial charge in [0.25, 0.3) is 0 Å². The molecule has 0 spiro atoms. The minimum atomic E-state index is -1.05. The fourth-order valence-corrected chi connectivity index (χ4v) is 2.63. The highest BCUT2D eigenvalue weighted by Crippen LogP contribution is 2.22. The molecule has 1 aromatic rings. The minimum Gasteiger partial charge on any atom is -0.480 e. The summed E-state index contributed by atoms with van der Waals surface area (Å²) < 4.78 is 5.34. The number of urea groups is 1. The lowest BCUT2D eigenvalue weighted by atomic mass is 10.2. The fraction of sp³-hybridized carbons (Fsp3) is 0.467. The van der Waals surface area contributed by atoms with Gasteiger partial charge in [-0.15, -0.1) is 0 Å². The van der Waals surface area contributed by atoms with Crippen LogP contribution in [0.3, 0.4) is 0 Å². The van der Waals surface area contributed by atoms with E-state index in [1.165, 1.54) is 4.90 Å². The van der Waals surface area contributed by atoms with Gasteiger partial charge in [0.2, 0.25) is 0 Å². The third-order valence-electron chi connectivity index (χ3n) is 3.67. The Morgan fingerprint density at radius 1 is 1.33 bits per heavy atom. The van der Waals surface area contributed by atoms with E-state index in [1.54, 1.807) is 31.4 Å². The molecule has 0 saturated heterocycles. The van der Waals surface area contributed by atoms with Gasteiger partial charge in [0.15, 0.2) is 0 Å². The van der Waals surface area contributed by atoms with Crippen LogP contribution in [0.2, 0.25) is 0 Å². The van der Waals surface area contributed by atoms with Crippen LogP contribution in [0, 0.1) is 0 Å². The van der Waals surface area contributed by atoms with Crippen LogP contribution < -0.4 is 10.2 Å². The number of benzene rings is 1. The smallest absolute Gasteiger partial charge is 0.323 e. The standard InChI is InChI=1S/C15H20N2O4/c1-21-13-9-5-8-12(13)16-15(20)17(10-14(18)19)11-6-3-2-4-7-11/h2-4,6-7,12-13H,5,8-10H2,1H3,(H,16,20)(H,18,19). The highest BCUT2D eigenvalue weighted by atomic mass is 16.5. The summed E-state index contributed by atoms with van der Waals surface area (Å²) in [5.74, 6) is -1.05. The van der Waals surface area contributed by atoms with E-state index >= 15 is 0 Å². The van der Waals surface area contributed by atoms with E-state index in [2.05, 4.69) is 5.32 Å². The maximum atomic E-state index is 12.4. The first-order chi connectivity index (χ1) is 10.1. The molecule has 2 amide bonds. The lowest BCUT2D eigenvalue weighted by Gasteiger charge is -2.26. The van der Waals surface area contributed by atoms with Crippen LogP contribution in [-0.2, 0) is 9.53 Å². The maximum absolute atomic E-state index is 12.4. The van der Waals surface area contributed by atoms with E-state index in [0.717, 1.165) is 19.3 Å². The minimum absolute atomic E-state index is 0.00333. The van der Waals surface area contributed by atoms with E-state index < -0.39 is 12.0 Å². The average molecular weight is 292 g/mol. The molecular weight excluding hydrogens is 272 g/mol. The number of amides is 2. The second kappa shape index (κ2) is 7.08. The average Bonchev–Trinajstić information content (AvgIpc) is 2.92. The van der Waals surface area contributed by atoms with Crippen LogP contribution in [0.4, 0.5) is 10.5 Å². The summed E-state index contributed by atoms with van der Waals surface area (Å²) in [4.78, 5) is 24.6. The lowest BCUT2D eigenvalue weighted by Crippen LogP contribution is -2.49. The molecule has 1 aromatic carbocycles. The zero-order valence-corrected chi connectivity index (χ0v) is 12.0. The van der Waals surface area contributed by atoms with Crippen LogP contribution in [0.5, 0.6) is 0 Å². The highest BCUT2D eigenvalue weighted by molar-refractivity contribution is 5.96. The molecule has 1 fully saturated rings. The number of carboxylic acids is 1. The maximum Gasteiger partial charge on any atom is 0.323 e. The zero-order chi connectivity index (χ0) is 15.2. The van der Waals surface area contributed by atoms with Crippen molar-refractivity contribution in [1.82, 2.24) is 5.32 Å². The van der Waals surface area contributed by atoms with Crippen molar-refractivity contribution in [2.75, 3.05) is 18.6 Å². The summed E-state index contributed by atoms with van der Waals surface area (Å²) in [5.41, 5.74) is 0.560. The summed E-state index contributed by atoms with van der Waals surface area (Å²) in [6, 6.07) is 8.31. The number of hydrogen-bond donors (Lipinski definition) is 2. The molecule has 0 heterocycles. The van der Waals surface area contributed by atoms with Crippen LogP contribution in [0.15, 0.2) is 30.3 Å². The number of anilines is 1. The molecule has 1 saturated carbocycles. The number of aliphatic carboxylic acids is 1. The number of nitrogens with zero attached hydrogens (tertiary/aromatic N) is 1. The third kappa shape index (κ3) is 3.95. The van der Waals surface area contributed by atoms with Crippen molar-refractivity contribution in [3.8, 4) is 0 Å². The lowest BCUT2D eigenvalue weighted by molar-refractivity contribution is -0.135. The number of carbonyl (C=O) groups excluding carboxylic acids is 1. The molecule has 6 nitrogen and oxygen atoms in total. The van der Waals surface area contributed by atoms with E-state index in [-0.39, 0.29) is 18.7 Å². The predicted octanol–water partition coefficient (Wildman–Crippen LogP) is 1.85. The van der Waals surface area contributed by atoms with Crippen molar-refractivity contribution in [1.29, 1.82) is 0 Å². The Morgan fingerprint density at radius 2 is 2.05 bits per heavy atom. The first-order valence-electron chi connectivity index (χ1n) is 6.99. The van der Waals surface area contributed by atoms with Crippen LogP contribution in [0.1, 0.15) is 19.3 Å². The summed E-state index contributed by atoms with van der Waals surface area (Å²) in [7, 11) is 1.63. The molecule has 6 heteroatoms. The molecule has 0 aliphatic heterocycles. The topological polar surface area (TPSA) is 78.9 Å². The fourth-order valence-electron chi connectivity index (χ4n) is 2.63. The summed E-state index contributed by atoms with van der Waals surface area (Å²) in [6.45, 7) is -0.375. The Kier molecular flexibility index (Phi) is 5.16. The van der Waals surface area contributed by atoms with Gasteiger partial charge in [-0.3, -0.25) is 9.69 Å². The van der Waals surface area contributed by atoms with Gasteiger partial charge in [0, 0.05) is 12.8 Å². The predicted molar refractivity (Wildman–Crippen MR) is 78.4 cm³/mol. The second-order valence-electron chi connectivity index (χ2n) is 5.08. The van der Waals surface area contributed by atoms with Gasteiger partial charge >= 0.3 is 12.0 Å². The zero-order valence-electron chi connectivity index (χ0n) is 12.0. The molecule has 1 aliphatic rings. The van der Waals surface area contributed by atoms with Crippen molar-refractivity contribution >= 4 is 17.7 Å². The van der Waals surface area contributed by atoms with Crippen LogP contribution in [-0.4, -0.2) is 42.9 Å². The Morgan fingerprint density at radius 3 is 2.67 bits per heavy atom. The van der Waals surface area contributed by atoms with Crippen molar-refractivity contribution in [3.05, 3.63) is 30.3 Å². The van der Waals surface area contributed by atoms with Crippen LogP contribution in [0.25, 0.3) is 0 Å². The molecule has 2 atom stereocenters. The molecule has 114 valence electrons. The van der Waals surface area contributed by atoms with Crippen LogP contribution >= 0.6 is 0 Å². The van der Waals surface area contributed by atoms with E-state index in [9.17, 15) is 9.59 Å². The molecule has 2 N–H and O–H groups in total. The first-order valence-corrected chi connectivity index (χ1v) is 6.99. The van der Waals surface area contributed by atoms with Gasteiger partial charge in [-0.25, -0.2) is 4.79 Å². The quantitative estimate of drug-likeness (QED) is 0.868. The molecule has 0 bridgehead atoms. The molecule has 2 unspecified atom stereocenters. The number of methoxy groups -OCH3 is 1. The summed E-state index contributed by atoms with van der Waals surface area (Å²) >= 11 is 0.